The molecule has 1 aliphatic heterocycles. The zero-order chi connectivity index (χ0) is 13.9. The van der Waals surface area contributed by atoms with Crippen LogP contribution in [0.5, 0.6) is 0 Å². The molecule has 1 aliphatic rings. The lowest BCUT2D eigenvalue weighted by molar-refractivity contribution is 0.0566. The van der Waals surface area contributed by atoms with E-state index in [4.69, 9.17) is 15.5 Å². The summed E-state index contributed by atoms with van der Waals surface area (Å²) < 4.78 is 8.03. The fourth-order valence-electron chi connectivity index (χ4n) is 2.73. The molecule has 0 radical (unpaired) electrons. The van der Waals surface area contributed by atoms with Crippen LogP contribution in [0, 0.1) is 0 Å². The Morgan fingerprint density at radius 2 is 2.35 bits per heavy atom. The van der Waals surface area contributed by atoms with Crippen molar-refractivity contribution in [2.45, 2.75) is 32.0 Å². The molecule has 20 heavy (non-hydrogen) atoms. The van der Waals surface area contributed by atoms with Crippen LogP contribution < -0.4 is 5.73 Å². The summed E-state index contributed by atoms with van der Waals surface area (Å²) in [5.41, 5.74) is 8.58. The van der Waals surface area contributed by atoms with Crippen LogP contribution in [-0.4, -0.2) is 39.8 Å². The quantitative estimate of drug-likeness (QED) is 0.937. The molecule has 5 heteroatoms. The second-order valence-corrected chi connectivity index (χ2v) is 6.26. The third kappa shape index (κ3) is 2.71. The van der Waals surface area contributed by atoms with Gasteiger partial charge in [0.05, 0.1) is 23.7 Å². The van der Waals surface area contributed by atoms with E-state index < -0.39 is 0 Å². The van der Waals surface area contributed by atoms with E-state index in [1.807, 2.05) is 17.8 Å². The van der Waals surface area contributed by atoms with Crippen molar-refractivity contribution in [2.75, 3.05) is 18.1 Å². The Labute approximate surface area is 123 Å². The van der Waals surface area contributed by atoms with E-state index in [9.17, 15) is 0 Å². The van der Waals surface area contributed by atoms with Gasteiger partial charge >= 0.3 is 0 Å². The van der Waals surface area contributed by atoms with Gasteiger partial charge in [0.2, 0.25) is 0 Å². The zero-order valence-electron chi connectivity index (χ0n) is 11.8. The number of rotatable bonds is 4. The summed E-state index contributed by atoms with van der Waals surface area (Å²) in [5.74, 6) is 3.14. The number of hydrogen-bond donors (Lipinski definition) is 1. The van der Waals surface area contributed by atoms with E-state index in [2.05, 4.69) is 29.7 Å². The molecule has 1 fully saturated rings. The Hall–Kier alpha value is -1.04. The van der Waals surface area contributed by atoms with Crippen molar-refractivity contribution in [3.05, 3.63) is 30.1 Å². The highest BCUT2D eigenvalue weighted by atomic mass is 32.2. The number of para-hydroxylation sites is 2. The molecular weight excluding hydrogens is 270 g/mol. The Morgan fingerprint density at radius 1 is 1.50 bits per heavy atom. The van der Waals surface area contributed by atoms with Gasteiger partial charge in [-0.25, -0.2) is 4.98 Å². The summed E-state index contributed by atoms with van der Waals surface area (Å²) in [6, 6.07) is 8.28. The molecule has 108 valence electrons. The van der Waals surface area contributed by atoms with E-state index in [1.165, 1.54) is 5.52 Å². The minimum Gasteiger partial charge on any atom is -0.375 e. The average molecular weight is 291 g/mol. The largest absolute Gasteiger partial charge is 0.375 e. The van der Waals surface area contributed by atoms with Crippen molar-refractivity contribution >= 4 is 22.8 Å². The van der Waals surface area contributed by atoms with Gasteiger partial charge in [-0.3, -0.25) is 0 Å². The van der Waals surface area contributed by atoms with Crippen molar-refractivity contribution in [1.82, 2.24) is 9.55 Å². The predicted octanol–water partition coefficient (Wildman–Crippen LogP) is 2.06. The van der Waals surface area contributed by atoms with Gasteiger partial charge in [0, 0.05) is 30.5 Å². The second kappa shape index (κ2) is 6.16. The number of ether oxygens (including phenoxy) is 1. The zero-order valence-corrected chi connectivity index (χ0v) is 12.6. The van der Waals surface area contributed by atoms with Gasteiger partial charge in [-0.1, -0.05) is 12.1 Å². The van der Waals surface area contributed by atoms with Crippen LogP contribution >= 0.6 is 11.8 Å². The van der Waals surface area contributed by atoms with Crippen molar-refractivity contribution in [3.8, 4) is 0 Å². The van der Waals surface area contributed by atoms with E-state index in [1.54, 1.807) is 0 Å². The number of imidazole rings is 1. The van der Waals surface area contributed by atoms with Crippen LogP contribution in [0.1, 0.15) is 12.7 Å². The van der Waals surface area contributed by atoms with Crippen LogP contribution in [0.4, 0.5) is 0 Å². The molecule has 0 aliphatic carbocycles. The van der Waals surface area contributed by atoms with Crippen LogP contribution in [0.3, 0.4) is 0 Å². The summed E-state index contributed by atoms with van der Waals surface area (Å²) in [6.07, 6.45) is 0.923. The Kier molecular flexibility index (Phi) is 4.29. The number of nitrogens with zero attached hydrogens (tertiary/aromatic N) is 2. The molecule has 1 aromatic heterocycles. The maximum atomic E-state index is 6.33. The summed E-state index contributed by atoms with van der Waals surface area (Å²) >= 11 is 1.92. The summed E-state index contributed by atoms with van der Waals surface area (Å²) in [6.45, 7) is 3.88. The first-order chi connectivity index (χ1) is 9.79. The third-order valence-electron chi connectivity index (χ3n) is 3.79. The molecule has 4 nitrogen and oxygen atoms in total. The third-order valence-corrected chi connectivity index (χ3v) is 4.81. The van der Waals surface area contributed by atoms with E-state index >= 15 is 0 Å². The van der Waals surface area contributed by atoms with Crippen molar-refractivity contribution < 1.29 is 4.74 Å². The molecule has 2 N–H and O–H groups in total. The first kappa shape index (κ1) is 13.9. The van der Waals surface area contributed by atoms with Crippen LogP contribution in [0.2, 0.25) is 0 Å². The molecule has 2 aromatic rings. The fraction of sp³-hybridized carbons (Fsp3) is 0.533. The van der Waals surface area contributed by atoms with E-state index in [0.717, 1.165) is 42.4 Å². The smallest absolute Gasteiger partial charge is 0.111 e. The summed E-state index contributed by atoms with van der Waals surface area (Å²) in [4.78, 5) is 4.74. The van der Waals surface area contributed by atoms with Gasteiger partial charge in [0.15, 0.2) is 0 Å². The van der Waals surface area contributed by atoms with E-state index in [0.29, 0.717) is 0 Å². The van der Waals surface area contributed by atoms with Gasteiger partial charge in [-0.2, -0.15) is 11.8 Å². The van der Waals surface area contributed by atoms with Crippen molar-refractivity contribution in [2.24, 2.45) is 5.73 Å². The highest BCUT2D eigenvalue weighted by molar-refractivity contribution is 7.99. The average Bonchev–Trinajstić information content (AvgIpc) is 2.85. The number of thioether (sulfide) groups is 1. The lowest BCUT2D eigenvalue weighted by atomic mass is 10.1. The molecule has 0 bridgehead atoms. The topological polar surface area (TPSA) is 53.1 Å². The van der Waals surface area contributed by atoms with Crippen molar-refractivity contribution in [3.63, 3.8) is 0 Å². The number of fused-ring (bicyclic) bond motifs is 1. The minimum atomic E-state index is 0.0184. The molecule has 2 unspecified atom stereocenters. The standard InChI is InChI=1S/C15H21N3OS/c1-2-18-13-6-4-3-5-12(13)17-15(18)9-11(16)14-10-20-8-7-19-14/h3-6,11,14H,2,7-10,16H2,1H3. The fourth-order valence-corrected chi connectivity index (χ4v) is 3.69. The maximum Gasteiger partial charge on any atom is 0.111 e. The Morgan fingerprint density at radius 3 is 3.10 bits per heavy atom. The first-order valence-corrected chi connectivity index (χ1v) is 8.34. The van der Waals surface area contributed by atoms with Gasteiger partial charge in [-0.05, 0) is 19.1 Å². The van der Waals surface area contributed by atoms with Crippen LogP contribution in [0.15, 0.2) is 24.3 Å². The summed E-state index contributed by atoms with van der Waals surface area (Å²) in [5, 5.41) is 0. The lowest BCUT2D eigenvalue weighted by Gasteiger charge is -2.27. The molecule has 2 heterocycles. The monoisotopic (exact) mass is 291 g/mol. The molecule has 2 atom stereocenters. The van der Waals surface area contributed by atoms with E-state index in [-0.39, 0.29) is 12.1 Å². The highest BCUT2D eigenvalue weighted by Crippen LogP contribution is 2.20. The molecule has 0 amide bonds. The molecule has 1 aromatic carbocycles. The van der Waals surface area contributed by atoms with Gasteiger partial charge in [0.1, 0.15) is 5.82 Å². The Bertz CT molecular complexity index is 578. The molecule has 1 saturated heterocycles. The Balaban J connectivity index is 1.82. The van der Waals surface area contributed by atoms with Gasteiger partial charge in [-0.15, -0.1) is 0 Å². The lowest BCUT2D eigenvalue weighted by Crippen LogP contribution is -2.43. The van der Waals surface area contributed by atoms with Gasteiger partial charge < -0.3 is 15.0 Å². The normalized spacial score (nSPS) is 21.2. The summed E-state index contributed by atoms with van der Waals surface area (Å²) in [7, 11) is 0. The second-order valence-electron chi connectivity index (χ2n) is 5.11. The SMILES string of the molecule is CCn1c(CC(N)C2CSCCO2)nc2ccccc21. The van der Waals surface area contributed by atoms with Crippen LogP contribution in [-0.2, 0) is 17.7 Å². The highest BCUT2D eigenvalue weighted by Gasteiger charge is 2.23. The molecule has 0 spiro atoms. The number of aryl methyl sites for hydroxylation is 1. The minimum absolute atomic E-state index is 0.0184. The molecule has 3 rings (SSSR count). The first-order valence-electron chi connectivity index (χ1n) is 7.18. The number of nitrogens with two attached hydrogens (primary N) is 1. The maximum absolute atomic E-state index is 6.33. The van der Waals surface area contributed by atoms with Crippen LogP contribution in [0.25, 0.3) is 11.0 Å². The predicted molar refractivity (Wildman–Crippen MR) is 84.2 cm³/mol. The van der Waals surface area contributed by atoms with Crippen molar-refractivity contribution in [1.29, 1.82) is 0 Å². The number of benzene rings is 1. The number of hydrogen-bond acceptors (Lipinski definition) is 4. The molecule has 0 saturated carbocycles. The van der Waals surface area contributed by atoms with Gasteiger partial charge in [0.25, 0.3) is 0 Å². The number of aromatic nitrogens is 2. The molecular formula is C15H21N3OS.